The van der Waals surface area contributed by atoms with Gasteiger partial charge >= 0.3 is 0 Å². The summed E-state index contributed by atoms with van der Waals surface area (Å²) in [7, 11) is 1.71. The summed E-state index contributed by atoms with van der Waals surface area (Å²) in [6, 6.07) is 17.6. The van der Waals surface area contributed by atoms with Gasteiger partial charge in [0.2, 0.25) is 0 Å². The molecule has 2 aromatic carbocycles. The Labute approximate surface area is 148 Å². The smallest absolute Gasteiger partial charge is 0.143 e. The fraction of sp³-hybridized carbons (Fsp3) is 0.400. The lowest BCUT2D eigenvalue weighted by Crippen LogP contribution is -2.47. The first kappa shape index (κ1) is 15.8. The van der Waals surface area contributed by atoms with Crippen LogP contribution in [-0.4, -0.2) is 44.2 Å². The van der Waals surface area contributed by atoms with Crippen LogP contribution >= 0.6 is 11.6 Å². The van der Waals surface area contributed by atoms with Gasteiger partial charge in [-0.15, -0.1) is 0 Å². The van der Waals surface area contributed by atoms with Crippen LogP contribution < -0.4 is 9.64 Å². The van der Waals surface area contributed by atoms with Gasteiger partial charge in [-0.25, -0.2) is 0 Å². The van der Waals surface area contributed by atoms with Crippen molar-refractivity contribution in [2.75, 3.05) is 38.2 Å². The van der Waals surface area contributed by atoms with Gasteiger partial charge in [-0.3, -0.25) is 4.90 Å². The number of hydrogen-bond donors (Lipinski definition) is 0. The summed E-state index contributed by atoms with van der Waals surface area (Å²) in [5.74, 6) is 1.59. The number of piperazine rings is 1. The van der Waals surface area contributed by atoms with Crippen LogP contribution in [0.25, 0.3) is 0 Å². The largest absolute Gasteiger partial charge is 0.495 e. The Morgan fingerprint density at radius 2 is 1.75 bits per heavy atom. The Balaban J connectivity index is 1.38. The van der Waals surface area contributed by atoms with Crippen molar-refractivity contribution in [2.24, 2.45) is 0 Å². The molecule has 1 aliphatic heterocycles. The first-order valence-corrected chi connectivity index (χ1v) is 9.01. The first-order valence-electron chi connectivity index (χ1n) is 8.64. The van der Waals surface area contributed by atoms with E-state index in [2.05, 4.69) is 46.2 Å². The Kier molecular flexibility index (Phi) is 4.38. The molecule has 2 atom stereocenters. The number of hydrogen-bond acceptors (Lipinski definition) is 3. The molecule has 1 aliphatic carbocycles. The van der Waals surface area contributed by atoms with E-state index in [1.807, 2.05) is 12.1 Å². The standard InChI is InChI=1S/C20H23ClN2O/c1-24-20-13-16(21)7-8-18(20)22-9-11-23(12-10-22)19-14-17(19)15-5-3-2-4-6-15/h2-8,13,17,19H,9-12,14H2,1H3/t17-,19+/m1/s1. The summed E-state index contributed by atoms with van der Waals surface area (Å²) in [5.41, 5.74) is 2.64. The van der Waals surface area contributed by atoms with E-state index in [4.69, 9.17) is 16.3 Å². The van der Waals surface area contributed by atoms with E-state index >= 15 is 0 Å². The molecule has 2 fully saturated rings. The van der Waals surface area contributed by atoms with E-state index in [9.17, 15) is 0 Å². The molecule has 126 valence electrons. The Morgan fingerprint density at radius 3 is 2.46 bits per heavy atom. The summed E-state index contributed by atoms with van der Waals surface area (Å²) in [6.45, 7) is 4.30. The highest BCUT2D eigenvalue weighted by Crippen LogP contribution is 2.45. The fourth-order valence-electron chi connectivity index (χ4n) is 3.85. The molecule has 0 radical (unpaired) electrons. The van der Waals surface area contributed by atoms with Crippen molar-refractivity contribution in [1.82, 2.24) is 4.90 Å². The van der Waals surface area contributed by atoms with Crippen LogP contribution in [0, 0.1) is 0 Å². The molecule has 0 aromatic heterocycles. The predicted octanol–water partition coefficient (Wildman–Crippen LogP) is 4.03. The summed E-state index contributed by atoms with van der Waals surface area (Å²) in [6.07, 6.45) is 1.30. The van der Waals surface area contributed by atoms with Gasteiger partial charge in [0.25, 0.3) is 0 Å². The molecule has 1 heterocycles. The van der Waals surface area contributed by atoms with Gasteiger partial charge in [0.15, 0.2) is 0 Å². The number of methoxy groups -OCH3 is 1. The van der Waals surface area contributed by atoms with Crippen molar-refractivity contribution in [3.63, 3.8) is 0 Å². The van der Waals surface area contributed by atoms with Gasteiger partial charge < -0.3 is 9.64 Å². The quantitative estimate of drug-likeness (QED) is 0.834. The summed E-state index contributed by atoms with van der Waals surface area (Å²) in [4.78, 5) is 5.06. The topological polar surface area (TPSA) is 15.7 Å². The molecule has 0 N–H and O–H groups in total. The van der Waals surface area contributed by atoms with Crippen LogP contribution in [0.15, 0.2) is 48.5 Å². The van der Waals surface area contributed by atoms with Crippen LogP contribution in [0.3, 0.4) is 0 Å². The maximum atomic E-state index is 6.08. The molecule has 24 heavy (non-hydrogen) atoms. The Morgan fingerprint density at radius 1 is 1.00 bits per heavy atom. The third-order valence-corrected chi connectivity index (χ3v) is 5.49. The van der Waals surface area contributed by atoms with Crippen molar-refractivity contribution >= 4 is 17.3 Å². The normalized spacial score (nSPS) is 24.0. The van der Waals surface area contributed by atoms with Crippen LogP contribution in [-0.2, 0) is 0 Å². The number of anilines is 1. The molecule has 4 rings (SSSR count). The summed E-state index contributed by atoms with van der Waals surface area (Å²) >= 11 is 6.08. The highest BCUT2D eigenvalue weighted by molar-refractivity contribution is 6.30. The lowest BCUT2D eigenvalue weighted by molar-refractivity contribution is 0.243. The highest BCUT2D eigenvalue weighted by Gasteiger charge is 2.43. The zero-order valence-corrected chi connectivity index (χ0v) is 14.7. The van der Waals surface area contributed by atoms with Crippen LogP contribution in [0.5, 0.6) is 5.75 Å². The summed E-state index contributed by atoms with van der Waals surface area (Å²) < 4.78 is 5.50. The van der Waals surface area contributed by atoms with Gasteiger partial charge in [0, 0.05) is 49.2 Å². The lowest BCUT2D eigenvalue weighted by Gasteiger charge is -2.37. The molecule has 2 aromatic rings. The zero-order valence-electron chi connectivity index (χ0n) is 14.0. The van der Waals surface area contributed by atoms with E-state index in [1.54, 1.807) is 7.11 Å². The maximum Gasteiger partial charge on any atom is 0.143 e. The van der Waals surface area contributed by atoms with Crippen molar-refractivity contribution in [3.05, 3.63) is 59.1 Å². The van der Waals surface area contributed by atoms with Crippen LogP contribution in [0.1, 0.15) is 17.9 Å². The second-order valence-electron chi connectivity index (χ2n) is 6.66. The van der Waals surface area contributed by atoms with Gasteiger partial charge in [0.1, 0.15) is 5.75 Å². The minimum absolute atomic E-state index is 0.720. The summed E-state index contributed by atoms with van der Waals surface area (Å²) in [5, 5.41) is 0.720. The Hall–Kier alpha value is -1.71. The number of ether oxygens (including phenoxy) is 1. The zero-order chi connectivity index (χ0) is 16.5. The van der Waals surface area contributed by atoms with E-state index in [0.717, 1.165) is 54.6 Å². The minimum Gasteiger partial charge on any atom is -0.495 e. The molecular formula is C20H23ClN2O. The number of halogens is 1. The van der Waals surface area contributed by atoms with E-state index in [1.165, 1.54) is 12.0 Å². The van der Waals surface area contributed by atoms with Crippen molar-refractivity contribution in [2.45, 2.75) is 18.4 Å². The molecule has 0 bridgehead atoms. The molecule has 3 nitrogen and oxygen atoms in total. The van der Waals surface area contributed by atoms with Crippen molar-refractivity contribution in [3.8, 4) is 5.75 Å². The fourth-order valence-corrected chi connectivity index (χ4v) is 4.01. The lowest BCUT2D eigenvalue weighted by atomic mass is 10.1. The third-order valence-electron chi connectivity index (χ3n) is 5.25. The van der Waals surface area contributed by atoms with Gasteiger partial charge in [-0.1, -0.05) is 41.9 Å². The van der Waals surface area contributed by atoms with E-state index in [0.29, 0.717) is 0 Å². The monoisotopic (exact) mass is 342 g/mol. The molecule has 1 saturated carbocycles. The molecule has 0 spiro atoms. The number of rotatable bonds is 4. The number of nitrogens with zero attached hydrogens (tertiary/aromatic N) is 2. The van der Waals surface area contributed by atoms with Crippen molar-refractivity contribution < 1.29 is 4.74 Å². The van der Waals surface area contributed by atoms with Crippen LogP contribution in [0.4, 0.5) is 5.69 Å². The van der Waals surface area contributed by atoms with Gasteiger partial charge in [-0.2, -0.15) is 0 Å². The molecule has 0 unspecified atom stereocenters. The second-order valence-corrected chi connectivity index (χ2v) is 7.10. The van der Waals surface area contributed by atoms with E-state index < -0.39 is 0 Å². The van der Waals surface area contributed by atoms with Gasteiger partial charge in [-0.05, 0) is 24.1 Å². The van der Waals surface area contributed by atoms with E-state index in [-0.39, 0.29) is 0 Å². The third kappa shape index (κ3) is 3.11. The first-order chi connectivity index (χ1) is 11.8. The molecule has 2 aliphatic rings. The highest BCUT2D eigenvalue weighted by atomic mass is 35.5. The molecular weight excluding hydrogens is 320 g/mol. The second kappa shape index (κ2) is 6.66. The molecule has 0 amide bonds. The average molecular weight is 343 g/mol. The number of benzene rings is 2. The SMILES string of the molecule is COc1cc(Cl)ccc1N1CCN([C@H]2C[C@@H]2c2ccccc2)CC1. The average Bonchev–Trinajstić information content (AvgIpc) is 3.43. The van der Waals surface area contributed by atoms with Crippen molar-refractivity contribution in [1.29, 1.82) is 0 Å². The van der Waals surface area contributed by atoms with Crippen LogP contribution in [0.2, 0.25) is 5.02 Å². The Bertz CT molecular complexity index is 698. The maximum absolute atomic E-state index is 6.08. The minimum atomic E-state index is 0.720. The molecule has 1 saturated heterocycles. The van der Waals surface area contributed by atoms with Gasteiger partial charge in [0.05, 0.1) is 12.8 Å². The molecule has 4 heteroatoms. The predicted molar refractivity (Wildman–Crippen MR) is 99.4 cm³/mol.